The lowest BCUT2D eigenvalue weighted by atomic mass is 9.89. The van der Waals surface area contributed by atoms with Gasteiger partial charge in [0.1, 0.15) is 0 Å². The Balaban J connectivity index is 1.94. The van der Waals surface area contributed by atoms with Gasteiger partial charge in [0, 0.05) is 23.1 Å². The van der Waals surface area contributed by atoms with E-state index < -0.39 is 0 Å². The number of carbonyl (C=O) groups excluding carboxylic acids is 1. The third-order valence-electron chi connectivity index (χ3n) is 3.74. The topological polar surface area (TPSA) is 17.1 Å². The Morgan fingerprint density at radius 2 is 1.85 bits per heavy atom. The number of hydrogen-bond donors (Lipinski definition) is 0. The molecule has 0 bridgehead atoms. The lowest BCUT2D eigenvalue weighted by Crippen LogP contribution is -2.10. The van der Waals surface area contributed by atoms with Crippen LogP contribution in [-0.4, -0.2) is 5.78 Å². The molecule has 0 spiro atoms. The van der Waals surface area contributed by atoms with Crippen LogP contribution in [0.15, 0.2) is 42.5 Å². The van der Waals surface area contributed by atoms with Crippen molar-refractivity contribution in [2.24, 2.45) is 0 Å². The standard InChI is InChI=1S/C19H16O/c1-14-5-2-3-6-16(14)11-9-15-10-12-18-17(13-15)7-4-8-19(18)20/h2-3,5-6,10,12-13H,4,7-8H2,1H3. The van der Waals surface area contributed by atoms with E-state index in [1.54, 1.807) is 0 Å². The number of Topliss-reactive ketones (excluding diaryl/α,β-unsaturated/α-hetero) is 1. The molecule has 0 saturated carbocycles. The number of carbonyl (C=O) groups is 1. The van der Waals surface area contributed by atoms with E-state index in [1.165, 1.54) is 5.56 Å². The highest BCUT2D eigenvalue weighted by atomic mass is 16.1. The van der Waals surface area contributed by atoms with Gasteiger partial charge in [-0.25, -0.2) is 0 Å². The average molecular weight is 260 g/mol. The smallest absolute Gasteiger partial charge is 0.163 e. The molecule has 1 heteroatoms. The molecule has 3 rings (SSSR count). The summed E-state index contributed by atoms with van der Waals surface area (Å²) in [5.41, 5.74) is 5.27. The van der Waals surface area contributed by atoms with Crippen molar-refractivity contribution in [3.63, 3.8) is 0 Å². The van der Waals surface area contributed by atoms with E-state index in [9.17, 15) is 4.79 Å². The summed E-state index contributed by atoms with van der Waals surface area (Å²) < 4.78 is 0. The molecule has 0 amide bonds. The van der Waals surface area contributed by atoms with E-state index >= 15 is 0 Å². The van der Waals surface area contributed by atoms with E-state index in [0.29, 0.717) is 6.42 Å². The Bertz CT molecular complexity index is 729. The number of benzene rings is 2. The van der Waals surface area contributed by atoms with E-state index in [4.69, 9.17) is 0 Å². The molecule has 0 heterocycles. The largest absolute Gasteiger partial charge is 0.294 e. The number of aryl methyl sites for hydroxylation is 2. The van der Waals surface area contributed by atoms with Crippen molar-refractivity contribution in [3.05, 3.63) is 70.3 Å². The van der Waals surface area contributed by atoms with Gasteiger partial charge in [-0.05, 0) is 55.2 Å². The second-order valence-electron chi connectivity index (χ2n) is 5.21. The summed E-state index contributed by atoms with van der Waals surface area (Å²) in [5.74, 6) is 6.69. The molecular formula is C19H16O. The first kappa shape index (κ1) is 12.7. The molecule has 0 aliphatic heterocycles. The molecule has 2 aromatic rings. The highest BCUT2D eigenvalue weighted by Crippen LogP contribution is 2.22. The third kappa shape index (κ3) is 2.51. The Labute approximate surface area is 119 Å². The zero-order valence-electron chi connectivity index (χ0n) is 11.6. The molecule has 0 aromatic heterocycles. The summed E-state index contributed by atoms with van der Waals surface area (Å²) in [4.78, 5) is 11.8. The lowest BCUT2D eigenvalue weighted by molar-refractivity contribution is 0.0972. The van der Waals surface area contributed by atoms with Gasteiger partial charge < -0.3 is 0 Å². The van der Waals surface area contributed by atoms with Crippen LogP contribution in [0.5, 0.6) is 0 Å². The maximum absolute atomic E-state index is 11.8. The molecule has 0 radical (unpaired) electrons. The van der Waals surface area contributed by atoms with Gasteiger partial charge in [0.15, 0.2) is 5.78 Å². The highest BCUT2D eigenvalue weighted by molar-refractivity contribution is 5.98. The minimum absolute atomic E-state index is 0.268. The Hall–Kier alpha value is -2.33. The van der Waals surface area contributed by atoms with Gasteiger partial charge in [0.25, 0.3) is 0 Å². The van der Waals surface area contributed by atoms with Crippen LogP contribution in [0.4, 0.5) is 0 Å². The zero-order valence-corrected chi connectivity index (χ0v) is 11.6. The Kier molecular flexibility index (Phi) is 3.39. The Morgan fingerprint density at radius 3 is 2.70 bits per heavy atom. The van der Waals surface area contributed by atoms with Crippen molar-refractivity contribution in [3.8, 4) is 11.8 Å². The maximum atomic E-state index is 11.8. The molecule has 0 atom stereocenters. The molecule has 0 saturated heterocycles. The molecule has 0 N–H and O–H groups in total. The molecule has 1 nitrogen and oxygen atoms in total. The van der Waals surface area contributed by atoms with Crippen molar-refractivity contribution in [2.45, 2.75) is 26.2 Å². The van der Waals surface area contributed by atoms with Crippen molar-refractivity contribution in [2.75, 3.05) is 0 Å². The summed E-state index contributed by atoms with van der Waals surface area (Å²) >= 11 is 0. The summed E-state index contributed by atoms with van der Waals surface area (Å²) in [6, 6.07) is 14.1. The first-order valence-corrected chi connectivity index (χ1v) is 6.98. The van der Waals surface area contributed by atoms with Gasteiger partial charge >= 0.3 is 0 Å². The fourth-order valence-electron chi connectivity index (χ4n) is 2.58. The van der Waals surface area contributed by atoms with Gasteiger partial charge in [-0.1, -0.05) is 30.0 Å². The van der Waals surface area contributed by atoms with E-state index in [1.807, 2.05) is 30.3 Å². The van der Waals surface area contributed by atoms with Crippen LogP contribution in [0.2, 0.25) is 0 Å². The van der Waals surface area contributed by atoms with Crippen LogP contribution in [0.1, 0.15) is 45.5 Å². The lowest BCUT2D eigenvalue weighted by Gasteiger charge is -2.14. The van der Waals surface area contributed by atoms with Gasteiger partial charge in [0.05, 0.1) is 0 Å². The van der Waals surface area contributed by atoms with Crippen molar-refractivity contribution >= 4 is 5.78 Å². The maximum Gasteiger partial charge on any atom is 0.163 e. The zero-order chi connectivity index (χ0) is 13.9. The quantitative estimate of drug-likeness (QED) is 0.656. The number of hydrogen-bond acceptors (Lipinski definition) is 1. The van der Waals surface area contributed by atoms with Gasteiger partial charge in [-0.15, -0.1) is 0 Å². The van der Waals surface area contributed by atoms with Crippen LogP contribution in [0.3, 0.4) is 0 Å². The average Bonchev–Trinajstić information content (AvgIpc) is 2.46. The molecular weight excluding hydrogens is 244 g/mol. The van der Waals surface area contributed by atoms with Crippen LogP contribution in [-0.2, 0) is 6.42 Å². The van der Waals surface area contributed by atoms with Gasteiger partial charge in [-0.3, -0.25) is 4.79 Å². The minimum atomic E-state index is 0.268. The molecule has 1 aliphatic carbocycles. The molecule has 0 fully saturated rings. The first-order chi connectivity index (χ1) is 9.74. The van der Waals surface area contributed by atoms with Gasteiger partial charge in [0.2, 0.25) is 0 Å². The summed E-state index contributed by atoms with van der Waals surface area (Å²) in [6.45, 7) is 2.07. The summed E-state index contributed by atoms with van der Waals surface area (Å²) in [7, 11) is 0. The third-order valence-corrected chi connectivity index (χ3v) is 3.74. The number of rotatable bonds is 0. The van der Waals surface area contributed by atoms with E-state index in [-0.39, 0.29) is 5.78 Å². The number of fused-ring (bicyclic) bond motifs is 1. The molecule has 2 aromatic carbocycles. The normalized spacial score (nSPS) is 13.3. The van der Waals surface area contributed by atoms with E-state index in [0.717, 1.165) is 35.1 Å². The first-order valence-electron chi connectivity index (χ1n) is 6.98. The Morgan fingerprint density at radius 1 is 1.00 bits per heavy atom. The predicted octanol–water partition coefficient (Wildman–Crippen LogP) is 3.91. The fourth-order valence-corrected chi connectivity index (χ4v) is 2.58. The molecule has 98 valence electrons. The van der Waals surface area contributed by atoms with Crippen LogP contribution in [0.25, 0.3) is 0 Å². The van der Waals surface area contributed by atoms with Crippen molar-refractivity contribution in [1.29, 1.82) is 0 Å². The summed E-state index contributed by atoms with van der Waals surface area (Å²) in [6.07, 6.45) is 2.63. The predicted molar refractivity (Wildman–Crippen MR) is 80.9 cm³/mol. The van der Waals surface area contributed by atoms with Crippen LogP contribution >= 0.6 is 0 Å². The monoisotopic (exact) mass is 260 g/mol. The second kappa shape index (κ2) is 5.35. The summed E-state index contributed by atoms with van der Waals surface area (Å²) in [5, 5.41) is 0. The number of ketones is 1. The highest BCUT2D eigenvalue weighted by Gasteiger charge is 2.16. The second-order valence-corrected chi connectivity index (χ2v) is 5.21. The molecule has 0 unspecified atom stereocenters. The van der Waals surface area contributed by atoms with Crippen LogP contribution in [0, 0.1) is 18.8 Å². The SMILES string of the molecule is Cc1ccccc1C#Cc1ccc2c(c1)CCCC2=O. The fraction of sp³-hybridized carbons (Fsp3) is 0.211. The van der Waals surface area contributed by atoms with Crippen molar-refractivity contribution in [1.82, 2.24) is 0 Å². The molecule has 20 heavy (non-hydrogen) atoms. The van der Waals surface area contributed by atoms with E-state index in [2.05, 4.69) is 30.9 Å². The van der Waals surface area contributed by atoms with Crippen LogP contribution < -0.4 is 0 Å². The van der Waals surface area contributed by atoms with Crippen molar-refractivity contribution < 1.29 is 4.79 Å². The molecule has 1 aliphatic rings. The minimum Gasteiger partial charge on any atom is -0.294 e. The van der Waals surface area contributed by atoms with Gasteiger partial charge in [-0.2, -0.15) is 0 Å².